The number of anilines is 1. The van der Waals surface area contributed by atoms with E-state index in [1.54, 1.807) is 23.7 Å². The van der Waals surface area contributed by atoms with E-state index in [0.717, 1.165) is 24.6 Å². The Morgan fingerprint density at radius 1 is 1.21 bits per heavy atom. The number of fused-ring (bicyclic) bond motifs is 1. The molecule has 1 aliphatic rings. The Morgan fingerprint density at radius 3 is 2.71 bits per heavy atom. The molecular weight excluding hydrogens is 551 g/mol. The van der Waals surface area contributed by atoms with Gasteiger partial charge in [-0.15, -0.1) is 22.7 Å². The number of benzene rings is 1. The zero-order valence-corrected chi connectivity index (χ0v) is 21.0. The van der Waals surface area contributed by atoms with Crippen molar-refractivity contribution in [3.63, 3.8) is 0 Å². The average Bonchev–Trinajstić information content (AvgIpc) is 3.53. The van der Waals surface area contributed by atoms with Gasteiger partial charge in [-0.1, -0.05) is 18.6 Å². The Hall–Kier alpha value is -3.52. The zero-order chi connectivity index (χ0) is 26.9. The molecule has 0 atom stereocenters. The third kappa shape index (κ3) is 5.65. The molecule has 1 aliphatic carbocycles. The Kier molecular flexibility index (Phi) is 7.34. The summed E-state index contributed by atoms with van der Waals surface area (Å²) in [6.07, 6.45) is 3.12. The molecule has 200 valence electrons. The lowest BCUT2D eigenvalue weighted by Crippen LogP contribution is -2.20. The van der Waals surface area contributed by atoms with Crippen molar-refractivity contribution < 1.29 is 36.2 Å². The second kappa shape index (κ2) is 10.7. The molecule has 1 N–H and O–H groups in total. The first kappa shape index (κ1) is 26.1. The normalized spacial score (nSPS) is 14.4. The summed E-state index contributed by atoms with van der Waals surface area (Å²) in [4.78, 5) is 21.4. The van der Waals surface area contributed by atoms with E-state index < -0.39 is 24.4 Å². The number of hydrogen-bond donors (Lipinski definition) is 1. The van der Waals surface area contributed by atoms with E-state index in [0.29, 0.717) is 34.4 Å². The molecule has 0 unspecified atom stereocenters. The maximum absolute atomic E-state index is 13.1. The van der Waals surface area contributed by atoms with E-state index >= 15 is 0 Å². The number of aromatic nitrogens is 3. The van der Waals surface area contributed by atoms with Gasteiger partial charge in [0.05, 0.1) is 12.3 Å². The number of ether oxygens (including phenoxy) is 2. The molecule has 0 spiro atoms. The van der Waals surface area contributed by atoms with E-state index in [9.17, 15) is 26.7 Å². The monoisotopic (exact) mass is 570 g/mol. The summed E-state index contributed by atoms with van der Waals surface area (Å²) in [5, 5.41) is 4.69. The molecule has 0 saturated heterocycles. The third-order valence-corrected chi connectivity index (χ3v) is 7.37. The van der Waals surface area contributed by atoms with Crippen LogP contribution in [0.5, 0.6) is 11.5 Å². The van der Waals surface area contributed by atoms with Gasteiger partial charge in [-0.05, 0) is 37.0 Å². The van der Waals surface area contributed by atoms with Crippen LogP contribution in [0.2, 0.25) is 0 Å². The van der Waals surface area contributed by atoms with Crippen LogP contribution >= 0.6 is 22.7 Å². The minimum absolute atomic E-state index is 0.0678. The number of para-hydroxylation sites is 1. The fourth-order valence-corrected chi connectivity index (χ4v) is 5.23. The minimum Gasteiger partial charge on any atom is -0.489 e. The molecule has 38 heavy (non-hydrogen) atoms. The number of rotatable bonds is 9. The first-order valence-electron chi connectivity index (χ1n) is 11.4. The van der Waals surface area contributed by atoms with E-state index in [4.69, 9.17) is 4.74 Å². The van der Waals surface area contributed by atoms with Gasteiger partial charge >= 0.3 is 12.8 Å². The van der Waals surface area contributed by atoms with Crippen LogP contribution in [0.1, 0.15) is 46.7 Å². The number of nitrogens with one attached hydrogen (secondary N) is 1. The Bertz CT molecular complexity index is 1470. The predicted molar refractivity (Wildman–Crippen MR) is 133 cm³/mol. The molecule has 0 aliphatic heterocycles. The van der Waals surface area contributed by atoms with Crippen molar-refractivity contribution in [2.75, 3.05) is 11.9 Å². The first-order valence-corrected chi connectivity index (χ1v) is 13.1. The zero-order valence-electron chi connectivity index (χ0n) is 19.4. The van der Waals surface area contributed by atoms with Crippen LogP contribution in [0.15, 0.2) is 35.2 Å². The van der Waals surface area contributed by atoms with E-state index in [1.165, 1.54) is 33.9 Å². The summed E-state index contributed by atoms with van der Waals surface area (Å²) in [5.41, 5.74) is -0.391. The topological polar surface area (TPSA) is 77.8 Å². The summed E-state index contributed by atoms with van der Waals surface area (Å²) in [7, 11) is 0. The van der Waals surface area contributed by atoms with Crippen molar-refractivity contribution in [3.8, 4) is 11.5 Å². The van der Waals surface area contributed by atoms with Crippen LogP contribution < -0.4 is 14.8 Å². The Balaban J connectivity index is 1.44. The van der Waals surface area contributed by atoms with Crippen molar-refractivity contribution in [1.29, 1.82) is 0 Å². The largest absolute Gasteiger partial charge is 0.489 e. The lowest BCUT2D eigenvalue weighted by atomic mass is 9.86. The van der Waals surface area contributed by atoms with Gasteiger partial charge < -0.3 is 9.47 Å². The van der Waals surface area contributed by atoms with Crippen LogP contribution in [-0.2, 0) is 6.18 Å². The molecule has 14 heteroatoms. The number of alkyl halides is 5. The summed E-state index contributed by atoms with van der Waals surface area (Å²) >= 11 is 1.90. The van der Waals surface area contributed by atoms with Crippen molar-refractivity contribution in [2.24, 2.45) is 5.92 Å². The second-order valence-electron chi connectivity index (χ2n) is 8.39. The van der Waals surface area contributed by atoms with Crippen molar-refractivity contribution in [2.45, 2.75) is 32.1 Å². The maximum Gasteiger partial charge on any atom is 0.434 e. The van der Waals surface area contributed by atoms with Crippen LogP contribution in [0.3, 0.4) is 0 Å². The van der Waals surface area contributed by atoms with Crippen LogP contribution in [0, 0.1) is 5.92 Å². The number of imidazole rings is 1. The standard InChI is InChI=1S/C24H19F5N4O3S2/c25-21(26)36-16-6-2-5-14(19(16)35-11-13-3-1-4-13)7-8-15-18(33-9-10-37-23(33)30-15)20(34)32-22-31-17(12-38-22)24(27,28)29/h2,5-10,12-13,21H,1,3-4,11H2,(H,31,32,34)/b8-7+. The molecular formula is C24H19F5N4O3S2. The maximum atomic E-state index is 13.1. The molecule has 1 saturated carbocycles. The molecule has 3 heterocycles. The Morgan fingerprint density at radius 2 is 2.03 bits per heavy atom. The molecule has 5 rings (SSSR count). The van der Waals surface area contributed by atoms with Crippen molar-refractivity contribution in [3.05, 3.63) is 57.8 Å². The molecule has 0 radical (unpaired) electrons. The lowest BCUT2D eigenvalue weighted by molar-refractivity contribution is -0.140. The van der Waals surface area contributed by atoms with Gasteiger partial charge in [0.15, 0.2) is 27.3 Å². The van der Waals surface area contributed by atoms with E-state index in [-0.39, 0.29) is 28.0 Å². The smallest absolute Gasteiger partial charge is 0.434 e. The number of carbonyl (C=O) groups excluding carboxylic acids is 1. The SMILES string of the molecule is O=C(Nc1nc(C(F)(F)F)cs1)c1c(/C=C/c2cccc(OC(F)F)c2OCC2CCC2)nc2sccn12. The number of thiazole rings is 2. The quantitative estimate of drug-likeness (QED) is 0.218. The van der Waals surface area contributed by atoms with Gasteiger partial charge in [-0.3, -0.25) is 14.5 Å². The molecule has 4 aromatic rings. The number of amides is 1. The molecule has 7 nitrogen and oxygen atoms in total. The highest BCUT2D eigenvalue weighted by Crippen LogP contribution is 2.36. The lowest BCUT2D eigenvalue weighted by Gasteiger charge is -2.26. The van der Waals surface area contributed by atoms with Crippen LogP contribution in [-0.4, -0.2) is 33.5 Å². The number of halogens is 5. The molecule has 3 aromatic heterocycles. The van der Waals surface area contributed by atoms with Gasteiger partial charge in [0, 0.05) is 22.5 Å². The van der Waals surface area contributed by atoms with Crippen LogP contribution in [0.25, 0.3) is 17.1 Å². The highest BCUT2D eigenvalue weighted by atomic mass is 32.1. The van der Waals surface area contributed by atoms with Crippen LogP contribution in [0.4, 0.5) is 27.1 Å². The second-order valence-corrected chi connectivity index (χ2v) is 10.1. The number of hydrogen-bond acceptors (Lipinski definition) is 7. The van der Waals surface area contributed by atoms with Crippen molar-refractivity contribution in [1.82, 2.24) is 14.4 Å². The molecule has 1 fully saturated rings. The first-order chi connectivity index (χ1) is 18.2. The van der Waals surface area contributed by atoms with Crippen molar-refractivity contribution >= 4 is 50.8 Å². The molecule has 0 bridgehead atoms. The van der Waals surface area contributed by atoms with Gasteiger partial charge in [-0.2, -0.15) is 22.0 Å². The Labute approximate surface area is 220 Å². The minimum atomic E-state index is -4.63. The van der Waals surface area contributed by atoms with Gasteiger partial charge in [0.2, 0.25) is 0 Å². The predicted octanol–water partition coefficient (Wildman–Crippen LogP) is 7.07. The summed E-state index contributed by atoms with van der Waals surface area (Å²) < 4.78 is 76.8. The number of nitrogens with zero attached hydrogens (tertiary/aromatic N) is 3. The number of carbonyl (C=O) groups is 1. The fourth-order valence-electron chi connectivity index (χ4n) is 3.80. The van der Waals surface area contributed by atoms with E-state index in [1.807, 2.05) is 0 Å². The summed E-state index contributed by atoms with van der Waals surface area (Å²) in [5.74, 6) is -0.347. The fraction of sp³-hybridized carbons (Fsp3) is 0.292. The van der Waals surface area contributed by atoms with Gasteiger partial charge in [0.25, 0.3) is 5.91 Å². The van der Waals surface area contributed by atoms with Gasteiger partial charge in [-0.25, -0.2) is 9.97 Å². The summed E-state index contributed by atoms with van der Waals surface area (Å²) in [6, 6.07) is 4.57. The molecule has 1 aromatic carbocycles. The summed E-state index contributed by atoms with van der Waals surface area (Å²) in [6.45, 7) is -2.69. The van der Waals surface area contributed by atoms with E-state index in [2.05, 4.69) is 20.0 Å². The highest BCUT2D eigenvalue weighted by molar-refractivity contribution is 7.15. The molecule has 1 amide bonds. The third-order valence-electron chi connectivity index (χ3n) is 5.85. The average molecular weight is 571 g/mol. The highest BCUT2D eigenvalue weighted by Gasteiger charge is 2.34. The van der Waals surface area contributed by atoms with Gasteiger partial charge in [0.1, 0.15) is 5.69 Å².